The first-order chi connectivity index (χ1) is 17.8. The Morgan fingerprint density at radius 2 is 1.51 bits per heavy atom. The normalized spacial score (nSPS) is 17.6. The molecule has 4 rings (SSSR count). The van der Waals surface area contributed by atoms with Gasteiger partial charge in [0.1, 0.15) is 5.25 Å². The molecule has 0 heterocycles. The molecule has 1 aliphatic carbocycles. The molecule has 37 heavy (non-hydrogen) atoms. The lowest BCUT2D eigenvalue weighted by atomic mass is 9.82. The van der Waals surface area contributed by atoms with Gasteiger partial charge in [0.15, 0.2) is 0 Å². The van der Waals surface area contributed by atoms with E-state index >= 15 is 0 Å². The predicted molar refractivity (Wildman–Crippen MR) is 148 cm³/mol. The summed E-state index contributed by atoms with van der Waals surface area (Å²) in [6, 6.07) is 21.4. The Morgan fingerprint density at radius 1 is 0.811 bits per heavy atom. The van der Waals surface area contributed by atoms with Crippen LogP contribution in [0.1, 0.15) is 23.7 Å². The van der Waals surface area contributed by atoms with Gasteiger partial charge in [-0.2, -0.15) is 0 Å². The van der Waals surface area contributed by atoms with Crippen LogP contribution in [0.4, 0.5) is 11.4 Å². The van der Waals surface area contributed by atoms with Crippen molar-refractivity contribution in [3.8, 4) is 0 Å². The maximum Gasteiger partial charge on any atom is 0.307 e. The molecule has 3 atom stereocenters. The highest BCUT2D eigenvalue weighted by Crippen LogP contribution is 2.38. The number of nitrogens with one attached hydrogen (secondary N) is 2. The summed E-state index contributed by atoms with van der Waals surface area (Å²) in [4.78, 5) is 38.6. The average Bonchev–Trinajstić information content (AvgIpc) is 2.90. The Kier molecular flexibility index (Phi) is 8.92. The van der Waals surface area contributed by atoms with Gasteiger partial charge in [0, 0.05) is 16.3 Å². The van der Waals surface area contributed by atoms with Crippen LogP contribution in [0.5, 0.6) is 0 Å². The third-order valence-corrected chi connectivity index (χ3v) is 7.96. The van der Waals surface area contributed by atoms with Crippen LogP contribution >= 0.6 is 35.0 Å². The summed E-state index contributed by atoms with van der Waals surface area (Å²) in [5.41, 5.74) is 1.86. The van der Waals surface area contributed by atoms with Crippen LogP contribution < -0.4 is 10.6 Å². The van der Waals surface area contributed by atoms with Crippen LogP contribution in [-0.2, 0) is 14.4 Å². The molecule has 0 saturated heterocycles. The van der Waals surface area contributed by atoms with Gasteiger partial charge in [0.25, 0.3) is 0 Å². The van der Waals surface area contributed by atoms with Gasteiger partial charge in [-0.3, -0.25) is 14.4 Å². The molecule has 1 aliphatic rings. The SMILES string of the molecule is O=C(Nc1ccc(Cl)c(Cl)c1)C(Sc1cccc(NC(=O)C2CC=CCC2C(=O)O)c1)c1ccccc1. The highest BCUT2D eigenvalue weighted by atomic mass is 35.5. The van der Waals surface area contributed by atoms with Crippen LogP contribution in [0, 0.1) is 11.8 Å². The zero-order chi connectivity index (χ0) is 26.4. The summed E-state index contributed by atoms with van der Waals surface area (Å²) in [6.07, 6.45) is 4.34. The van der Waals surface area contributed by atoms with E-state index in [9.17, 15) is 19.5 Å². The van der Waals surface area contributed by atoms with Gasteiger partial charge in [-0.25, -0.2) is 0 Å². The summed E-state index contributed by atoms with van der Waals surface area (Å²) >= 11 is 13.4. The second-order valence-corrected chi connectivity index (χ2v) is 10.5. The fraction of sp³-hybridized carbons (Fsp3) is 0.179. The second-order valence-electron chi connectivity index (χ2n) is 8.54. The molecule has 0 aromatic heterocycles. The number of carbonyl (C=O) groups is 3. The largest absolute Gasteiger partial charge is 0.481 e. The summed E-state index contributed by atoms with van der Waals surface area (Å²) in [5, 5.41) is 15.4. The van der Waals surface area contributed by atoms with Crippen LogP contribution in [0.25, 0.3) is 0 Å². The molecule has 0 aliphatic heterocycles. The summed E-state index contributed by atoms with van der Waals surface area (Å²) in [6.45, 7) is 0. The van der Waals surface area contributed by atoms with E-state index in [1.165, 1.54) is 11.8 Å². The Bertz CT molecular complexity index is 1330. The van der Waals surface area contributed by atoms with Gasteiger partial charge in [-0.1, -0.05) is 71.8 Å². The van der Waals surface area contributed by atoms with Crippen molar-refractivity contribution in [3.63, 3.8) is 0 Å². The number of carboxylic acid groups (broad SMARTS) is 1. The quantitative estimate of drug-likeness (QED) is 0.204. The number of carbonyl (C=O) groups excluding carboxylic acids is 2. The summed E-state index contributed by atoms with van der Waals surface area (Å²) in [5.74, 6) is -2.96. The predicted octanol–water partition coefficient (Wildman–Crippen LogP) is 7.07. The molecule has 190 valence electrons. The van der Waals surface area contributed by atoms with Crippen molar-refractivity contribution in [2.45, 2.75) is 23.0 Å². The van der Waals surface area contributed by atoms with Crippen LogP contribution in [0.3, 0.4) is 0 Å². The monoisotopic (exact) mass is 554 g/mol. The minimum Gasteiger partial charge on any atom is -0.481 e. The van der Waals surface area contributed by atoms with Gasteiger partial charge >= 0.3 is 5.97 Å². The van der Waals surface area contributed by atoms with Crippen molar-refractivity contribution < 1.29 is 19.5 Å². The lowest BCUT2D eigenvalue weighted by molar-refractivity contribution is -0.146. The number of halogens is 2. The number of allylic oxidation sites excluding steroid dienone is 2. The third kappa shape index (κ3) is 6.95. The molecule has 3 aromatic rings. The lowest BCUT2D eigenvalue weighted by Crippen LogP contribution is -2.34. The van der Waals surface area contributed by atoms with E-state index in [1.807, 2.05) is 42.5 Å². The number of aliphatic carboxylic acids is 1. The molecular formula is C28H24Cl2N2O4S. The molecular weight excluding hydrogens is 531 g/mol. The van der Waals surface area contributed by atoms with Crippen molar-refractivity contribution >= 4 is 64.1 Å². The number of benzene rings is 3. The molecule has 6 nitrogen and oxygen atoms in total. The minimum absolute atomic E-state index is 0.248. The van der Waals surface area contributed by atoms with Gasteiger partial charge in [-0.05, 0) is 54.8 Å². The number of anilines is 2. The van der Waals surface area contributed by atoms with Crippen molar-refractivity contribution in [1.82, 2.24) is 0 Å². The van der Waals surface area contributed by atoms with E-state index in [1.54, 1.807) is 42.5 Å². The van der Waals surface area contributed by atoms with E-state index < -0.39 is 23.1 Å². The number of hydrogen-bond donors (Lipinski definition) is 3. The van der Waals surface area contributed by atoms with Crippen LogP contribution in [-0.4, -0.2) is 22.9 Å². The zero-order valence-corrected chi connectivity index (χ0v) is 21.9. The standard InChI is InChI=1S/C28H24Cl2N2O4S/c29-23-14-13-19(16-24(23)30)32-27(34)25(17-7-2-1-3-8-17)37-20-10-6-9-18(15-20)31-26(33)21-11-4-5-12-22(21)28(35)36/h1-10,13-16,21-22,25H,11-12H2,(H,31,33)(H,32,34)(H,35,36). The second kappa shape index (κ2) is 12.3. The maximum atomic E-state index is 13.3. The number of carboxylic acids is 1. The molecule has 3 unspecified atom stereocenters. The number of amides is 2. The van der Waals surface area contributed by atoms with Gasteiger partial charge in [0.05, 0.1) is 21.9 Å². The number of rotatable bonds is 8. The molecule has 0 bridgehead atoms. The summed E-state index contributed by atoms with van der Waals surface area (Å²) in [7, 11) is 0. The highest BCUT2D eigenvalue weighted by molar-refractivity contribution is 8.00. The Labute approximate surface area is 229 Å². The van der Waals surface area contributed by atoms with Crippen molar-refractivity contribution in [3.05, 3.63) is 101 Å². The van der Waals surface area contributed by atoms with E-state index in [0.717, 1.165) is 10.5 Å². The molecule has 0 fully saturated rings. The van der Waals surface area contributed by atoms with E-state index in [2.05, 4.69) is 10.6 Å². The number of thioether (sulfide) groups is 1. The van der Waals surface area contributed by atoms with Crippen LogP contribution in [0.15, 0.2) is 89.8 Å². The molecule has 3 aromatic carbocycles. The van der Waals surface area contributed by atoms with Gasteiger partial charge in [-0.15, -0.1) is 11.8 Å². The van der Waals surface area contributed by atoms with E-state index in [-0.39, 0.29) is 11.8 Å². The van der Waals surface area contributed by atoms with Gasteiger partial charge < -0.3 is 15.7 Å². The lowest BCUT2D eigenvalue weighted by Gasteiger charge is -2.24. The van der Waals surface area contributed by atoms with Gasteiger partial charge in [0.2, 0.25) is 11.8 Å². The van der Waals surface area contributed by atoms with E-state index in [0.29, 0.717) is 34.3 Å². The first kappa shape index (κ1) is 26.8. The highest BCUT2D eigenvalue weighted by Gasteiger charge is 2.34. The Morgan fingerprint density at radius 3 is 2.22 bits per heavy atom. The molecule has 9 heteroatoms. The van der Waals surface area contributed by atoms with E-state index in [4.69, 9.17) is 23.2 Å². The Hall–Kier alpha value is -3.26. The first-order valence-electron chi connectivity index (χ1n) is 11.6. The third-order valence-electron chi connectivity index (χ3n) is 5.97. The molecule has 0 radical (unpaired) electrons. The van der Waals surface area contributed by atoms with Crippen molar-refractivity contribution in [1.29, 1.82) is 0 Å². The molecule has 0 saturated carbocycles. The van der Waals surface area contributed by atoms with Crippen molar-refractivity contribution in [2.75, 3.05) is 10.6 Å². The minimum atomic E-state index is -0.979. The number of hydrogen-bond acceptors (Lipinski definition) is 4. The maximum absolute atomic E-state index is 13.3. The van der Waals surface area contributed by atoms with Crippen molar-refractivity contribution in [2.24, 2.45) is 11.8 Å². The average molecular weight is 555 g/mol. The molecule has 0 spiro atoms. The smallest absolute Gasteiger partial charge is 0.307 e. The molecule has 2 amide bonds. The fourth-order valence-electron chi connectivity index (χ4n) is 4.08. The fourth-order valence-corrected chi connectivity index (χ4v) is 5.46. The first-order valence-corrected chi connectivity index (χ1v) is 13.2. The van der Waals surface area contributed by atoms with Crippen LogP contribution in [0.2, 0.25) is 10.0 Å². The zero-order valence-electron chi connectivity index (χ0n) is 19.6. The summed E-state index contributed by atoms with van der Waals surface area (Å²) < 4.78 is 0. The topological polar surface area (TPSA) is 95.5 Å². The molecule has 3 N–H and O–H groups in total. The Balaban J connectivity index is 1.52.